The van der Waals surface area contributed by atoms with Gasteiger partial charge in [0.25, 0.3) is 5.91 Å². The Labute approximate surface area is 170 Å². The van der Waals surface area contributed by atoms with Crippen LogP contribution in [0, 0.1) is 13.8 Å². The maximum atomic E-state index is 12.4. The molecule has 0 bridgehead atoms. The van der Waals surface area contributed by atoms with Gasteiger partial charge < -0.3 is 14.0 Å². The van der Waals surface area contributed by atoms with Gasteiger partial charge in [-0.15, -0.1) is 0 Å². The molecule has 0 radical (unpaired) electrons. The fourth-order valence-corrected chi connectivity index (χ4v) is 3.23. The van der Waals surface area contributed by atoms with E-state index < -0.39 is 0 Å². The molecule has 29 heavy (non-hydrogen) atoms. The van der Waals surface area contributed by atoms with Crippen LogP contribution in [0.15, 0.2) is 59.7 Å². The second kappa shape index (κ2) is 9.10. The zero-order chi connectivity index (χ0) is 20.8. The molecular weight excluding hydrogens is 366 g/mol. The van der Waals surface area contributed by atoms with Crippen molar-refractivity contribution in [2.45, 2.75) is 20.8 Å². The summed E-state index contributed by atoms with van der Waals surface area (Å²) in [5.41, 5.74) is 7.07. The molecule has 1 heterocycles. The molecule has 0 spiro atoms. The van der Waals surface area contributed by atoms with Crippen LogP contribution in [0.2, 0.25) is 0 Å². The van der Waals surface area contributed by atoms with E-state index >= 15 is 0 Å². The largest absolute Gasteiger partial charge is 0.496 e. The van der Waals surface area contributed by atoms with Crippen LogP contribution in [0.5, 0.6) is 11.5 Å². The minimum Gasteiger partial charge on any atom is -0.496 e. The predicted molar refractivity (Wildman–Crippen MR) is 114 cm³/mol. The molecule has 0 aliphatic rings. The van der Waals surface area contributed by atoms with E-state index in [-0.39, 0.29) is 5.91 Å². The highest BCUT2D eigenvalue weighted by Crippen LogP contribution is 2.22. The monoisotopic (exact) mass is 391 g/mol. The van der Waals surface area contributed by atoms with Gasteiger partial charge in [-0.3, -0.25) is 4.79 Å². The highest BCUT2D eigenvalue weighted by Gasteiger charge is 2.12. The van der Waals surface area contributed by atoms with E-state index in [9.17, 15) is 4.79 Å². The molecule has 3 aromatic rings. The summed E-state index contributed by atoms with van der Waals surface area (Å²) >= 11 is 0. The van der Waals surface area contributed by atoms with Gasteiger partial charge in [-0.05, 0) is 63.2 Å². The molecule has 0 aliphatic carbocycles. The fourth-order valence-electron chi connectivity index (χ4n) is 3.23. The van der Waals surface area contributed by atoms with E-state index in [4.69, 9.17) is 9.47 Å². The summed E-state index contributed by atoms with van der Waals surface area (Å²) in [5, 5.41) is 4.13. The van der Waals surface area contributed by atoms with Crippen molar-refractivity contribution in [3.63, 3.8) is 0 Å². The first-order chi connectivity index (χ1) is 14.0. The third-order valence-electron chi connectivity index (χ3n) is 4.60. The minimum atomic E-state index is -0.320. The topological polar surface area (TPSA) is 64.8 Å². The quantitative estimate of drug-likeness (QED) is 0.483. The molecule has 0 saturated heterocycles. The Morgan fingerprint density at radius 3 is 2.55 bits per heavy atom. The van der Waals surface area contributed by atoms with Gasteiger partial charge in [0.2, 0.25) is 0 Å². The first-order valence-corrected chi connectivity index (χ1v) is 9.43. The first kappa shape index (κ1) is 20.2. The average molecular weight is 391 g/mol. The normalized spacial score (nSPS) is 10.9. The van der Waals surface area contributed by atoms with Crippen molar-refractivity contribution in [2.24, 2.45) is 5.10 Å². The number of rotatable bonds is 7. The van der Waals surface area contributed by atoms with Crippen molar-refractivity contribution in [1.29, 1.82) is 0 Å². The lowest BCUT2D eigenvalue weighted by atomic mass is 10.2. The number of aromatic nitrogens is 1. The number of carbonyl (C=O) groups is 1. The smallest absolute Gasteiger partial charge is 0.275 e. The highest BCUT2D eigenvalue weighted by atomic mass is 16.5. The Morgan fingerprint density at radius 1 is 1.14 bits per heavy atom. The van der Waals surface area contributed by atoms with E-state index in [0.29, 0.717) is 17.9 Å². The zero-order valence-corrected chi connectivity index (χ0v) is 17.1. The number of para-hydroxylation sites is 1. The van der Waals surface area contributed by atoms with Crippen LogP contribution in [-0.4, -0.2) is 30.4 Å². The molecule has 6 heteroatoms. The first-order valence-electron chi connectivity index (χ1n) is 9.43. The molecule has 3 rings (SSSR count). The van der Waals surface area contributed by atoms with Crippen LogP contribution in [0.4, 0.5) is 0 Å². The average Bonchev–Trinajstić information content (AvgIpc) is 3.02. The maximum absolute atomic E-state index is 12.4. The number of hydrazone groups is 1. The number of amides is 1. The molecule has 1 N–H and O–H groups in total. The van der Waals surface area contributed by atoms with Crippen molar-refractivity contribution in [1.82, 2.24) is 9.99 Å². The van der Waals surface area contributed by atoms with E-state index in [1.54, 1.807) is 24.4 Å². The Kier molecular flexibility index (Phi) is 6.34. The van der Waals surface area contributed by atoms with Gasteiger partial charge in [-0.2, -0.15) is 5.10 Å². The van der Waals surface area contributed by atoms with E-state index in [2.05, 4.69) is 15.1 Å². The Balaban J connectivity index is 1.77. The summed E-state index contributed by atoms with van der Waals surface area (Å²) in [6.45, 7) is 6.66. The summed E-state index contributed by atoms with van der Waals surface area (Å²) in [5.74, 6) is 1.03. The fraction of sp³-hybridized carbons (Fsp3) is 0.217. The second-order valence-electron chi connectivity index (χ2n) is 6.49. The zero-order valence-electron chi connectivity index (χ0n) is 17.1. The van der Waals surface area contributed by atoms with E-state index in [1.807, 2.05) is 57.2 Å². The van der Waals surface area contributed by atoms with Gasteiger partial charge >= 0.3 is 0 Å². The van der Waals surface area contributed by atoms with Crippen molar-refractivity contribution in [2.75, 3.05) is 13.7 Å². The van der Waals surface area contributed by atoms with E-state index in [1.165, 1.54) is 7.11 Å². The Bertz CT molecular complexity index is 1020. The van der Waals surface area contributed by atoms with Crippen LogP contribution < -0.4 is 14.9 Å². The third-order valence-corrected chi connectivity index (χ3v) is 4.60. The molecule has 1 amide bonds. The second-order valence-corrected chi connectivity index (χ2v) is 6.49. The molecule has 0 unspecified atom stereocenters. The number of hydrogen-bond acceptors (Lipinski definition) is 4. The van der Waals surface area contributed by atoms with Gasteiger partial charge in [-0.1, -0.05) is 12.1 Å². The minimum absolute atomic E-state index is 0.320. The van der Waals surface area contributed by atoms with Crippen LogP contribution >= 0.6 is 0 Å². The molecule has 0 saturated carbocycles. The Hall–Kier alpha value is -3.54. The number of benzene rings is 2. The molecule has 0 atom stereocenters. The molecule has 2 aromatic carbocycles. The summed E-state index contributed by atoms with van der Waals surface area (Å²) in [6.07, 6.45) is 1.65. The van der Waals surface area contributed by atoms with Gasteiger partial charge in [0.05, 0.1) is 25.5 Å². The molecular formula is C23H25N3O3. The van der Waals surface area contributed by atoms with Gasteiger partial charge in [0, 0.05) is 22.6 Å². The van der Waals surface area contributed by atoms with Crippen molar-refractivity contribution in [3.8, 4) is 17.2 Å². The van der Waals surface area contributed by atoms with Crippen molar-refractivity contribution in [3.05, 3.63) is 77.1 Å². The molecule has 0 fully saturated rings. The molecule has 150 valence electrons. The number of methoxy groups -OCH3 is 1. The molecule has 6 nitrogen and oxygen atoms in total. The van der Waals surface area contributed by atoms with Crippen LogP contribution in [0.3, 0.4) is 0 Å². The Morgan fingerprint density at radius 2 is 1.86 bits per heavy atom. The maximum Gasteiger partial charge on any atom is 0.275 e. The highest BCUT2D eigenvalue weighted by molar-refractivity contribution is 5.97. The van der Waals surface area contributed by atoms with Gasteiger partial charge in [0.1, 0.15) is 11.5 Å². The van der Waals surface area contributed by atoms with Crippen LogP contribution in [-0.2, 0) is 0 Å². The number of hydrogen-bond donors (Lipinski definition) is 1. The molecule has 1 aromatic heterocycles. The summed E-state index contributed by atoms with van der Waals surface area (Å²) in [7, 11) is 1.53. The van der Waals surface area contributed by atoms with Crippen molar-refractivity contribution < 1.29 is 14.3 Å². The predicted octanol–water partition coefficient (Wildman–Crippen LogP) is 4.27. The van der Waals surface area contributed by atoms with Gasteiger partial charge in [-0.25, -0.2) is 5.43 Å². The number of nitrogens with zero attached hydrogens (tertiary/aromatic N) is 2. The van der Waals surface area contributed by atoms with Gasteiger partial charge in [0.15, 0.2) is 0 Å². The third kappa shape index (κ3) is 4.48. The lowest BCUT2D eigenvalue weighted by molar-refractivity contribution is 0.0952. The number of ether oxygens (including phenoxy) is 2. The summed E-state index contributed by atoms with van der Waals surface area (Å²) < 4.78 is 12.9. The number of nitrogens with one attached hydrogen (secondary N) is 1. The standard InChI is InChI=1S/C23H25N3O3/c1-5-29-20-12-10-19(11-13-20)26-16(2)14-18(17(26)3)15-24-25-23(27)21-8-6-7-9-22(21)28-4/h6-15H,5H2,1-4H3,(H,25,27)/b24-15+. The summed E-state index contributed by atoms with van der Waals surface area (Å²) in [6, 6.07) is 17.0. The number of carbonyl (C=O) groups excluding carboxylic acids is 1. The number of aryl methyl sites for hydroxylation is 1. The van der Waals surface area contributed by atoms with Crippen molar-refractivity contribution >= 4 is 12.1 Å². The van der Waals surface area contributed by atoms with E-state index in [0.717, 1.165) is 28.4 Å². The lowest BCUT2D eigenvalue weighted by Crippen LogP contribution is -2.18. The van der Waals surface area contributed by atoms with Crippen LogP contribution in [0.25, 0.3) is 5.69 Å². The SMILES string of the molecule is CCOc1ccc(-n2c(C)cc(/C=N/NC(=O)c3ccccc3OC)c2C)cc1. The molecule has 0 aliphatic heterocycles. The summed E-state index contributed by atoms with van der Waals surface area (Å²) in [4.78, 5) is 12.4. The lowest BCUT2D eigenvalue weighted by Gasteiger charge is -2.11. The van der Waals surface area contributed by atoms with Crippen LogP contribution in [0.1, 0.15) is 34.2 Å².